The Morgan fingerprint density at radius 3 is 2.43 bits per heavy atom. The van der Waals surface area contributed by atoms with Crippen molar-refractivity contribution in [2.75, 3.05) is 5.32 Å². The molecule has 3 aliphatic carbocycles. The summed E-state index contributed by atoms with van der Waals surface area (Å²) in [6, 6.07) is 8.78. The van der Waals surface area contributed by atoms with Gasteiger partial charge in [-0.05, 0) is 93.3 Å². The fraction of sp³-hybridized carbons (Fsp3) is 0.632. The van der Waals surface area contributed by atoms with Crippen LogP contribution in [0.1, 0.15) is 51.4 Å². The first-order valence-corrected chi connectivity index (χ1v) is 9.51. The number of thiocarbonyl (C=S) groups is 1. The molecule has 2 bridgehead atoms. The molecule has 0 aliphatic heterocycles. The van der Waals surface area contributed by atoms with Crippen LogP contribution in [-0.4, -0.2) is 17.3 Å². The van der Waals surface area contributed by atoms with Crippen molar-refractivity contribution in [3.8, 4) is 5.75 Å². The first kappa shape index (κ1) is 15.3. The second-order valence-electron chi connectivity index (χ2n) is 7.43. The lowest BCUT2D eigenvalue weighted by atomic mass is 9.96. The summed E-state index contributed by atoms with van der Waals surface area (Å²) in [5.74, 6) is 2.74. The van der Waals surface area contributed by atoms with Gasteiger partial charge in [0, 0.05) is 11.7 Å². The Morgan fingerprint density at radius 1 is 1.00 bits per heavy atom. The van der Waals surface area contributed by atoms with Crippen molar-refractivity contribution in [3.63, 3.8) is 0 Å². The van der Waals surface area contributed by atoms with Gasteiger partial charge in [0.15, 0.2) is 5.11 Å². The van der Waals surface area contributed by atoms with Gasteiger partial charge in [0.25, 0.3) is 0 Å². The number of fused-ring (bicyclic) bond motifs is 2. The molecule has 2 N–H and O–H groups in total. The van der Waals surface area contributed by atoms with E-state index in [0.29, 0.717) is 12.1 Å². The number of hydrogen-bond donors (Lipinski definition) is 2. The smallest absolute Gasteiger partial charge is 0.171 e. The highest BCUT2D eigenvalue weighted by Gasteiger charge is 2.39. The average Bonchev–Trinajstić information content (AvgIpc) is 3.27. The van der Waals surface area contributed by atoms with Crippen LogP contribution in [0.15, 0.2) is 24.3 Å². The number of hydrogen-bond acceptors (Lipinski definition) is 2. The Kier molecular flexibility index (Phi) is 4.43. The molecule has 0 amide bonds. The van der Waals surface area contributed by atoms with Crippen LogP contribution in [0.25, 0.3) is 0 Å². The Balaban J connectivity index is 1.27. The van der Waals surface area contributed by atoms with Crippen LogP contribution in [0.5, 0.6) is 5.75 Å². The predicted molar refractivity (Wildman–Crippen MR) is 97.9 cm³/mol. The van der Waals surface area contributed by atoms with Gasteiger partial charge in [-0.15, -0.1) is 0 Å². The molecule has 1 aromatic rings. The molecule has 0 heterocycles. The van der Waals surface area contributed by atoms with Gasteiger partial charge in [0.2, 0.25) is 0 Å². The highest BCUT2D eigenvalue weighted by atomic mass is 32.1. The normalized spacial score (nSPS) is 29.7. The van der Waals surface area contributed by atoms with E-state index in [4.69, 9.17) is 17.0 Å². The van der Waals surface area contributed by atoms with Crippen molar-refractivity contribution in [3.05, 3.63) is 24.3 Å². The molecule has 3 nitrogen and oxygen atoms in total. The van der Waals surface area contributed by atoms with E-state index in [-0.39, 0.29) is 0 Å². The molecule has 1 aromatic carbocycles. The third kappa shape index (κ3) is 3.63. The molecular formula is C19H26N2OS. The molecule has 3 aliphatic rings. The van der Waals surface area contributed by atoms with E-state index in [9.17, 15) is 0 Å². The second kappa shape index (κ2) is 6.68. The van der Waals surface area contributed by atoms with Gasteiger partial charge in [0.05, 0.1) is 6.10 Å². The Morgan fingerprint density at radius 2 is 1.78 bits per heavy atom. The van der Waals surface area contributed by atoms with Crippen LogP contribution in [0.2, 0.25) is 0 Å². The fourth-order valence-corrected chi connectivity index (χ4v) is 4.84. The Labute approximate surface area is 144 Å². The quantitative estimate of drug-likeness (QED) is 0.797. The van der Waals surface area contributed by atoms with Crippen LogP contribution < -0.4 is 15.4 Å². The largest absolute Gasteiger partial charge is 0.490 e. The van der Waals surface area contributed by atoms with E-state index in [1.165, 1.54) is 51.4 Å². The van der Waals surface area contributed by atoms with E-state index >= 15 is 0 Å². The number of rotatable bonds is 4. The molecule has 0 aromatic heterocycles. The van der Waals surface area contributed by atoms with Crippen LogP contribution in [0.4, 0.5) is 5.69 Å². The number of anilines is 1. The zero-order valence-corrected chi connectivity index (χ0v) is 14.4. The molecule has 23 heavy (non-hydrogen) atoms. The number of ether oxygens (including phenoxy) is 1. The summed E-state index contributed by atoms with van der Waals surface area (Å²) in [6.45, 7) is 0. The maximum atomic E-state index is 6.00. The van der Waals surface area contributed by atoms with E-state index in [0.717, 1.165) is 28.4 Å². The van der Waals surface area contributed by atoms with Crippen molar-refractivity contribution in [2.45, 2.75) is 63.5 Å². The van der Waals surface area contributed by atoms with E-state index in [1.54, 1.807) is 0 Å². The first-order valence-electron chi connectivity index (χ1n) is 9.10. The van der Waals surface area contributed by atoms with Crippen molar-refractivity contribution in [1.29, 1.82) is 0 Å². The van der Waals surface area contributed by atoms with Crippen LogP contribution >= 0.6 is 12.2 Å². The molecule has 0 spiro atoms. The maximum Gasteiger partial charge on any atom is 0.171 e. The summed E-state index contributed by atoms with van der Waals surface area (Å²) in [5, 5.41) is 7.59. The van der Waals surface area contributed by atoms with Gasteiger partial charge < -0.3 is 15.4 Å². The molecule has 0 radical (unpaired) electrons. The molecular weight excluding hydrogens is 304 g/mol. The summed E-state index contributed by atoms with van der Waals surface area (Å²) in [5.41, 5.74) is 1.03. The van der Waals surface area contributed by atoms with E-state index < -0.39 is 0 Å². The molecule has 3 saturated carbocycles. The van der Waals surface area contributed by atoms with Crippen molar-refractivity contribution >= 4 is 23.0 Å². The number of benzene rings is 1. The van der Waals surface area contributed by atoms with Gasteiger partial charge in [-0.25, -0.2) is 0 Å². The summed E-state index contributed by atoms with van der Waals surface area (Å²) in [4.78, 5) is 0. The van der Waals surface area contributed by atoms with Gasteiger partial charge in [0.1, 0.15) is 5.75 Å². The maximum absolute atomic E-state index is 6.00. The molecule has 3 fully saturated rings. The molecule has 0 unspecified atom stereocenters. The van der Waals surface area contributed by atoms with Gasteiger partial charge in [-0.3, -0.25) is 0 Å². The van der Waals surface area contributed by atoms with Crippen molar-refractivity contribution < 1.29 is 4.74 Å². The standard InChI is InChI=1S/C19H26N2OS/c23-19(21-18-12-13-5-6-14(18)11-13)20-15-7-9-17(10-8-15)22-16-3-1-2-4-16/h7-10,13-14,16,18H,1-6,11-12H2,(H2,20,21,23)/t13-,14+,18-/m0/s1. The molecule has 3 atom stereocenters. The second-order valence-corrected chi connectivity index (χ2v) is 7.84. The summed E-state index contributed by atoms with van der Waals surface area (Å²) >= 11 is 5.48. The minimum Gasteiger partial charge on any atom is -0.490 e. The zero-order chi connectivity index (χ0) is 15.6. The summed E-state index contributed by atoms with van der Waals surface area (Å²) < 4.78 is 6.00. The lowest BCUT2D eigenvalue weighted by Crippen LogP contribution is -2.40. The lowest BCUT2D eigenvalue weighted by molar-refractivity contribution is 0.210. The van der Waals surface area contributed by atoms with Crippen LogP contribution in [-0.2, 0) is 0 Å². The topological polar surface area (TPSA) is 33.3 Å². The van der Waals surface area contributed by atoms with Gasteiger partial charge in [-0.2, -0.15) is 0 Å². The minimum atomic E-state index is 0.411. The summed E-state index contributed by atoms with van der Waals surface area (Å²) in [6.07, 6.45) is 10.9. The highest BCUT2D eigenvalue weighted by Crippen LogP contribution is 2.44. The average molecular weight is 330 g/mol. The van der Waals surface area contributed by atoms with Crippen LogP contribution in [0, 0.1) is 11.8 Å². The fourth-order valence-electron chi connectivity index (χ4n) is 4.57. The van der Waals surface area contributed by atoms with Crippen molar-refractivity contribution in [2.24, 2.45) is 11.8 Å². The number of nitrogens with one attached hydrogen (secondary N) is 2. The summed E-state index contributed by atoms with van der Waals surface area (Å²) in [7, 11) is 0. The highest BCUT2D eigenvalue weighted by molar-refractivity contribution is 7.80. The van der Waals surface area contributed by atoms with Crippen LogP contribution in [0.3, 0.4) is 0 Å². The SMILES string of the molecule is S=C(Nc1ccc(OC2CCCC2)cc1)N[C@H]1C[C@H]2CC[C@@H]1C2. The Bertz CT molecular complexity index is 553. The van der Waals surface area contributed by atoms with E-state index in [2.05, 4.69) is 22.8 Å². The minimum absolute atomic E-state index is 0.411. The predicted octanol–water partition coefficient (Wildman–Crippen LogP) is 4.48. The third-order valence-electron chi connectivity index (χ3n) is 5.77. The molecule has 4 heteroatoms. The third-order valence-corrected chi connectivity index (χ3v) is 5.99. The van der Waals surface area contributed by atoms with Crippen molar-refractivity contribution in [1.82, 2.24) is 5.32 Å². The monoisotopic (exact) mass is 330 g/mol. The van der Waals surface area contributed by atoms with Gasteiger partial charge in [-0.1, -0.05) is 6.42 Å². The molecule has 4 rings (SSSR count). The lowest BCUT2D eigenvalue weighted by Gasteiger charge is -2.24. The molecule has 0 saturated heterocycles. The molecule has 124 valence electrons. The first-order chi connectivity index (χ1) is 11.3. The van der Waals surface area contributed by atoms with E-state index in [1.807, 2.05) is 12.1 Å². The van der Waals surface area contributed by atoms with Gasteiger partial charge >= 0.3 is 0 Å². The Hall–Kier alpha value is -1.29. The zero-order valence-electron chi connectivity index (χ0n) is 13.6.